The average molecular weight is 597 g/mol. The average Bonchev–Trinajstić information content (AvgIpc) is 3.47. The summed E-state index contributed by atoms with van der Waals surface area (Å²) in [6.07, 6.45) is 4.39. The van der Waals surface area contributed by atoms with E-state index in [4.69, 9.17) is 5.73 Å². The van der Waals surface area contributed by atoms with Gasteiger partial charge in [0.1, 0.15) is 12.0 Å². The molecule has 1 fully saturated rings. The fourth-order valence-electron chi connectivity index (χ4n) is 5.49. The topological polar surface area (TPSA) is 127 Å². The van der Waals surface area contributed by atoms with Gasteiger partial charge in [-0.05, 0) is 85.7 Å². The maximum absolute atomic E-state index is 13.4. The summed E-state index contributed by atoms with van der Waals surface area (Å²) in [5, 5.41) is 16.1. The second kappa shape index (κ2) is 13.3. The van der Waals surface area contributed by atoms with Gasteiger partial charge in [-0.1, -0.05) is 12.1 Å². The van der Waals surface area contributed by atoms with Gasteiger partial charge in [0.05, 0.1) is 5.69 Å². The van der Waals surface area contributed by atoms with Crippen LogP contribution in [-0.4, -0.2) is 57.4 Å². The fraction of sp³-hybridized carbons (Fsp3) is 0.273. The van der Waals surface area contributed by atoms with E-state index in [0.717, 1.165) is 79.5 Å². The second-order valence-corrected chi connectivity index (χ2v) is 11.0. The monoisotopic (exact) mass is 596 g/mol. The SMILES string of the molecule is NCCCNCc1ccc(N2C=C3C=C(c4cc(C(=O)Nc5ccc(F)cc5)cc(N5CCNCC5)c4)NC3NC2=O)cc1. The summed E-state index contributed by atoms with van der Waals surface area (Å²) in [6, 6.07) is 19.2. The van der Waals surface area contributed by atoms with Crippen molar-refractivity contribution in [3.8, 4) is 0 Å². The van der Waals surface area contributed by atoms with Crippen molar-refractivity contribution in [3.05, 3.63) is 107 Å². The molecule has 228 valence electrons. The van der Waals surface area contributed by atoms with Crippen LogP contribution >= 0.6 is 0 Å². The van der Waals surface area contributed by atoms with Crippen molar-refractivity contribution in [1.29, 1.82) is 0 Å². The van der Waals surface area contributed by atoms with E-state index in [9.17, 15) is 14.0 Å². The van der Waals surface area contributed by atoms with Gasteiger partial charge in [-0.3, -0.25) is 9.69 Å². The third kappa shape index (κ3) is 6.75. The van der Waals surface area contributed by atoms with Crippen molar-refractivity contribution < 1.29 is 14.0 Å². The van der Waals surface area contributed by atoms with Crippen molar-refractivity contribution >= 4 is 34.7 Å². The molecule has 0 aromatic heterocycles. The summed E-state index contributed by atoms with van der Waals surface area (Å²) in [7, 11) is 0. The van der Waals surface area contributed by atoms with Gasteiger partial charge in [0.25, 0.3) is 5.91 Å². The predicted octanol–water partition coefficient (Wildman–Crippen LogP) is 3.31. The molecule has 7 N–H and O–H groups in total. The van der Waals surface area contributed by atoms with E-state index >= 15 is 0 Å². The van der Waals surface area contributed by atoms with E-state index in [0.29, 0.717) is 17.8 Å². The number of piperazine rings is 1. The number of rotatable bonds is 10. The molecule has 3 aliphatic rings. The molecule has 0 aliphatic carbocycles. The summed E-state index contributed by atoms with van der Waals surface area (Å²) >= 11 is 0. The molecule has 11 heteroatoms. The van der Waals surface area contributed by atoms with Crippen molar-refractivity contribution in [2.24, 2.45) is 5.73 Å². The molecule has 3 heterocycles. The van der Waals surface area contributed by atoms with Crippen LogP contribution in [0.5, 0.6) is 0 Å². The quantitative estimate of drug-likeness (QED) is 0.198. The molecule has 0 radical (unpaired) electrons. The maximum Gasteiger partial charge on any atom is 0.327 e. The van der Waals surface area contributed by atoms with Crippen LogP contribution in [0.3, 0.4) is 0 Å². The second-order valence-electron chi connectivity index (χ2n) is 11.0. The number of hydrogen-bond donors (Lipinski definition) is 6. The van der Waals surface area contributed by atoms with Gasteiger partial charge in [0.15, 0.2) is 0 Å². The van der Waals surface area contributed by atoms with Gasteiger partial charge in [-0.15, -0.1) is 0 Å². The zero-order chi connectivity index (χ0) is 30.5. The van der Waals surface area contributed by atoms with Gasteiger partial charge >= 0.3 is 6.03 Å². The number of nitrogens with zero attached hydrogens (tertiary/aromatic N) is 2. The Morgan fingerprint density at radius 1 is 0.977 bits per heavy atom. The highest BCUT2D eigenvalue weighted by Crippen LogP contribution is 2.31. The number of halogens is 1. The number of fused-ring (bicyclic) bond motifs is 1. The molecule has 44 heavy (non-hydrogen) atoms. The molecule has 6 rings (SSSR count). The van der Waals surface area contributed by atoms with E-state index < -0.39 is 0 Å². The number of urea groups is 1. The fourth-order valence-corrected chi connectivity index (χ4v) is 5.49. The summed E-state index contributed by atoms with van der Waals surface area (Å²) < 4.78 is 13.4. The van der Waals surface area contributed by atoms with E-state index in [1.165, 1.54) is 24.3 Å². The number of carbonyl (C=O) groups excluding carboxylic acids is 2. The van der Waals surface area contributed by atoms with Gasteiger partial charge in [0.2, 0.25) is 0 Å². The Labute approximate surface area is 256 Å². The van der Waals surface area contributed by atoms with E-state index in [-0.39, 0.29) is 23.9 Å². The lowest BCUT2D eigenvalue weighted by atomic mass is 10.0. The molecular weight excluding hydrogens is 559 g/mol. The van der Waals surface area contributed by atoms with Crippen LogP contribution in [0.2, 0.25) is 0 Å². The molecule has 3 aromatic rings. The molecule has 3 aliphatic heterocycles. The molecule has 0 bridgehead atoms. The lowest BCUT2D eigenvalue weighted by molar-refractivity contribution is 0.102. The molecule has 3 aromatic carbocycles. The molecule has 0 spiro atoms. The van der Waals surface area contributed by atoms with Gasteiger partial charge in [0, 0.05) is 72.7 Å². The van der Waals surface area contributed by atoms with Gasteiger partial charge < -0.3 is 37.2 Å². The zero-order valence-corrected chi connectivity index (χ0v) is 24.4. The summed E-state index contributed by atoms with van der Waals surface area (Å²) in [6.45, 7) is 5.59. The first kappa shape index (κ1) is 29.4. The molecule has 0 saturated carbocycles. The Morgan fingerprint density at radius 3 is 2.50 bits per heavy atom. The number of nitrogens with two attached hydrogens (primary N) is 1. The number of nitrogens with one attached hydrogen (secondary N) is 5. The highest BCUT2D eigenvalue weighted by Gasteiger charge is 2.31. The Hall–Kier alpha value is -4.71. The summed E-state index contributed by atoms with van der Waals surface area (Å²) in [5.74, 6) is -0.655. The number of hydrogen-bond acceptors (Lipinski definition) is 7. The normalized spacial score (nSPS) is 17.8. The van der Waals surface area contributed by atoms with E-state index in [2.05, 4.69) is 37.6 Å². The summed E-state index contributed by atoms with van der Waals surface area (Å²) in [5.41, 5.74) is 11.9. The van der Waals surface area contributed by atoms with E-state index in [1.54, 1.807) is 4.90 Å². The first-order chi connectivity index (χ1) is 21.5. The summed E-state index contributed by atoms with van der Waals surface area (Å²) in [4.78, 5) is 30.3. The third-order valence-corrected chi connectivity index (χ3v) is 7.89. The van der Waals surface area contributed by atoms with Crippen molar-refractivity contribution in [1.82, 2.24) is 21.3 Å². The molecule has 3 amide bonds. The van der Waals surface area contributed by atoms with Crippen LogP contribution in [0, 0.1) is 5.82 Å². The van der Waals surface area contributed by atoms with Crippen LogP contribution in [0.25, 0.3) is 5.70 Å². The highest BCUT2D eigenvalue weighted by molar-refractivity contribution is 6.05. The first-order valence-electron chi connectivity index (χ1n) is 14.9. The van der Waals surface area contributed by atoms with Crippen LogP contribution in [-0.2, 0) is 6.54 Å². The lowest BCUT2D eigenvalue weighted by Crippen LogP contribution is -2.51. The molecule has 1 atom stereocenters. The minimum atomic E-state index is -0.390. The molecule has 1 unspecified atom stereocenters. The minimum Gasteiger partial charge on any atom is -0.369 e. The standard InChI is InChI=1S/C33H37FN8O2/c34-26-4-6-27(7-5-26)38-32(43)24-16-23(17-29(18-24)41-14-12-36-13-15-41)30-19-25-21-42(33(44)40-31(25)39-30)28-8-2-22(3-9-28)20-37-11-1-10-35/h2-9,16-19,21,31,36-37,39H,1,10-15,20,35H2,(H,38,43)(H,40,44). The van der Waals surface area contributed by atoms with Gasteiger partial charge in [-0.25, -0.2) is 9.18 Å². The Bertz CT molecular complexity index is 1570. The number of amides is 3. The third-order valence-electron chi connectivity index (χ3n) is 7.89. The molecular formula is C33H37FN8O2. The smallest absolute Gasteiger partial charge is 0.327 e. The van der Waals surface area contributed by atoms with Crippen LogP contribution < -0.4 is 42.1 Å². The molecule has 10 nitrogen and oxygen atoms in total. The predicted molar refractivity (Wildman–Crippen MR) is 172 cm³/mol. The zero-order valence-electron chi connectivity index (χ0n) is 24.4. The van der Waals surface area contributed by atoms with E-state index in [1.807, 2.05) is 48.7 Å². The van der Waals surface area contributed by atoms with Crippen LogP contribution in [0.1, 0.15) is 27.9 Å². The highest BCUT2D eigenvalue weighted by atomic mass is 19.1. The van der Waals surface area contributed by atoms with Crippen LogP contribution in [0.4, 0.5) is 26.2 Å². The molecule has 1 saturated heterocycles. The maximum atomic E-state index is 13.4. The van der Waals surface area contributed by atoms with Gasteiger partial charge in [-0.2, -0.15) is 0 Å². The first-order valence-corrected chi connectivity index (χ1v) is 14.9. The lowest BCUT2D eigenvalue weighted by Gasteiger charge is -2.30. The minimum absolute atomic E-state index is 0.233. The Morgan fingerprint density at radius 2 is 1.75 bits per heavy atom. The van der Waals surface area contributed by atoms with Crippen molar-refractivity contribution in [2.45, 2.75) is 19.1 Å². The number of anilines is 3. The largest absolute Gasteiger partial charge is 0.369 e. The Balaban J connectivity index is 1.25. The van der Waals surface area contributed by atoms with Crippen molar-refractivity contribution in [3.63, 3.8) is 0 Å². The number of carbonyl (C=O) groups is 2. The Kier molecular flexibility index (Phi) is 8.87. The van der Waals surface area contributed by atoms with Crippen LogP contribution in [0.15, 0.2) is 84.6 Å². The van der Waals surface area contributed by atoms with Crippen molar-refractivity contribution in [2.75, 3.05) is 54.4 Å². The number of benzene rings is 3.